The van der Waals surface area contributed by atoms with Crippen LogP contribution in [-0.2, 0) is 9.59 Å². The summed E-state index contributed by atoms with van der Waals surface area (Å²) < 4.78 is 32.2. The van der Waals surface area contributed by atoms with Crippen molar-refractivity contribution in [3.05, 3.63) is 71.8 Å². The molecule has 3 rings (SSSR count). The van der Waals surface area contributed by atoms with Crippen LogP contribution in [0, 0.1) is 0 Å². The molecule has 0 aliphatic heterocycles. The van der Waals surface area contributed by atoms with Crippen LogP contribution in [-0.4, -0.2) is 66.6 Å². The average molecular weight is 607 g/mol. The number of allylic oxidation sites excluding steroid dienone is 4. The Morgan fingerprint density at radius 2 is 0.909 bits per heavy atom. The molecule has 1 aliphatic carbocycles. The maximum atomic E-state index is 12.7. The van der Waals surface area contributed by atoms with E-state index in [-0.39, 0.29) is 23.9 Å². The lowest BCUT2D eigenvalue weighted by molar-refractivity contribution is -0.120. The van der Waals surface area contributed by atoms with Crippen molar-refractivity contribution in [1.82, 2.24) is 10.6 Å². The third kappa shape index (κ3) is 9.32. The molecule has 10 heteroatoms. The third-order valence-corrected chi connectivity index (χ3v) is 7.09. The Morgan fingerprint density at radius 3 is 1.20 bits per heavy atom. The van der Waals surface area contributed by atoms with Gasteiger partial charge >= 0.3 is 0 Å². The molecule has 2 aromatic rings. The summed E-state index contributed by atoms with van der Waals surface area (Å²) in [6.45, 7) is 0. The van der Waals surface area contributed by atoms with Crippen LogP contribution >= 0.6 is 0 Å². The second-order valence-electron chi connectivity index (χ2n) is 9.87. The van der Waals surface area contributed by atoms with Crippen LogP contribution in [0.25, 0.3) is 12.2 Å². The summed E-state index contributed by atoms with van der Waals surface area (Å²) >= 11 is 0. The first-order valence-corrected chi connectivity index (χ1v) is 14.3. The predicted molar refractivity (Wildman–Crippen MR) is 171 cm³/mol. The maximum absolute atomic E-state index is 12.7. The van der Waals surface area contributed by atoms with E-state index in [0.717, 1.165) is 36.8 Å². The molecule has 1 aliphatic rings. The quantitative estimate of drug-likeness (QED) is 0.225. The van der Waals surface area contributed by atoms with Crippen molar-refractivity contribution in [3.8, 4) is 34.5 Å². The van der Waals surface area contributed by atoms with E-state index < -0.39 is 0 Å². The highest BCUT2D eigenvalue weighted by atomic mass is 16.5. The number of benzene rings is 2. The monoisotopic (exact) mass is 606 g/mol. The summed E-state index contributed by atoms with van der Waals surface area (Å²) in [5, 5.41) is 6.08. The molecule has 2 atom stereocenters. The van der Waals surface area contributed by atoms with Crippen molar-refractivity contribution in [2.45, 2.75) is 37.8 Å². The Hall–Kier alpha value is -4.86. The van der Waals surface area contributed by atoms with Gasteiger partial charge in [-0.25, -0.2) is 0 Å². The van der Waals surface area contributed by atoms with E-state index in [9.17, 15) is 9.59 Å². The first-order valence-electron chi connectivity index (χ1n) is 14.3. The van der Waals surface area contributed by atoms with Gasteiger partial charge in [0.25, 0.3) is 0 Å². The van der Waals surface area contributed by atoms with Crippen molar-refractivity contribution in [2.24, 2.45) is 0 Å². The highest BCUT2D eigenvalue weighted by Crippen LogP contribution is 2.39. The Morgan fingerprint density at radius 1 is 0.568 bits per heavy atom. The minimum Gasteiger partial charge on any atom is -0.493 e. The molecule has 1 saturated carbocycles. The summed E-state index contributed by atoms with van der Waals surface area (Å²) in [5.74, 6) is 2.75. The number of carbonyl (C=O) groups excluding carboxylic acids is 2. The number of amides is 2. The Balaban J connectivity index is 1.56. The molecule has 0 spiro atoms. The van der Waals surface area contributed by atoms with E-state index in [2.05, 4.69) is 10.6 Å². The Labute approximate surface area is 259 Å². The minimum atomic E-state index is -0.227. The van der Waals surface area contributed by atoms with Gasteiger partial charge in [0, 0.05) is 24.2 Å². The zero-order valence-electron chi connectivity index (χ0n) is 26.2. The van der Waals surface area contributed by atoms with Crippen molar-refractivity contribution >= 4 is 24.0 Å². The van der Waals surface area contributed by atoms with Gasteiger partial charge in [0.1, 0.15) is 0 Å². The van der Waals surface area contributed by atoms with Crippen molar-refractivity contribution in [2.75, 3.05) is 42.7 Å². The van der Waals surface area contributed by atoms with E-state index in [1.807, 2.05) is 36.4 Å². The zero-order valence-corrected chi connectivity index (χ0v) is 26.2. The van der Waals surface area contributed by atoms with Crippen LogP contribution in [0.1, 0.15) is 36.8 Å². The SMILES string of the molecule is COc1cc(C=CC=CC(=O)N[C@H]2CCCC[C@@H]2NC(=O)C=CC=Cc2cc(OC)c(OC)c(OC)c2)cc(OC)c1OC. The van der Waals surface area contributed by atoms with E-state index in [4.69, 9.17) is 28.4 Å². The molecular formula is C34H42N2O8. The van der Waals surface area contributed by atoms with Gasteiger partial charge in [-0.15, -0.1) is 0 Å². The molecule has 10 nitrogen and oxygen atoms in total. The molecule has 0 saturated heterocycles. The predicted octanol–water partition coefficient (Wildman–Crippen LogP) is 5.12. The van der Waals surface area contributed by atoms with Crippen LogP contribution in [0.4, 0.5) is 0 Å². The van der Waals surface area contributed by atoms with Gasteiger partial charge < -0.3 is 39.1 Å². The molecule has 0 heterocycles. The standard InChI is InChI=1S/C34H42N2O8/c1-39-27-19-23(20-28(40-2)33(27)43-5)13-7-11-17-31(37)35-25-15-9-10-16-26(25)36-32(38)18-12-8-14-24-21-29(41-3)34(44-6)30(22-24)42-4/h7-8,11-14,17-22,25-26H,9-10,15-16H2,1-6H3,(H,35,37)(H,36,38)/t25-,26-/m0/s1. The lowest BCUT2D eigenvalue weighted by Crippen LogP contribution is -2.52. The van der Waals surface area contributed by atoms with Gasteiger partial charge in [-0.1, -0.05) is 49.3 Å². The molecule has 2 amide bonds. The fourth-order valence-corrected chi connectivity index (χ4v) is 4.95. The molecule has 0 bridgehead atoms. The van der Waals surface area contributed by atoms with Crippen molar-refractivity contribution < 1.29 is 38.0 Å². The van der Waals surface area contributed by atoms with Crippen molar-refractivity contribution in [1.29, 1.82) is 0 Å². The molecule has 2 aromatic carbocycles. The van der Waals surface area contributed by atoms with Gasteiger partial charge in [0.2, 0.25) is 23.3 Å². The largest absolute Gasteiger partial charge is 0.493 e. The maximum Gasteiger partial charge on any atom is 0.244 e. The second-order valence-corrected chi connectivity index (χ2v) is 9.87. The Kier molecular flexibility index (Phi) is 13.2. The normalized spacial score (nSPS) is 16.8. The summed E-state index contributed by atoms with van der Waals surface area (Å²) in [6, 6.07) is 6.95. The van der Waals surface area contributed by atoms with Gasteiger partial charge in [0.15, 0.2) is 23.0 Å². The molecule has 236 valence electrons. The molecule has 1 fully saturated rings. The van der Waals surface area contributed by atoms with E-state index in [1.54, 1.807) is 67.0 Å². The van der Waals surface area contributed by atoms with Crippen LogP contribution in [0.15, 0.2) is 60.7 Å². The van der Waals surface area contributed by atoms with Crippen LogP contribution in [0.5, 0.6) is 34.5 Å². The smallest absolute Gasteiger partial charge is 0.244 e. The number of methoxy groups -OCH3 is 6. The first kappa shape index (κ1) is 33.6. The fourth-order valence-electron chi connectivity index (χ4n) is 4.95. The highest BCUT2D eigenvalue weighted by molar-refractivity contribution is 5.89. The average Bonchev–Trinajstić information content (AvgIpc) is 3.04. The number of ether oxygens (including phenoxy) is 6. The minimum absolute atomic E-state index is 0.160. The number of nitrogens with one attached hydrogen (secondary N) is 2. The van der Waals surface area contributed by atoms with E-state index in [0.29, 0.717) is 34.5 Å². The molecule has 0 unspecified atom stereocenters. The molecule has 0 radical (unpaired) electrons. The number of hydrogen-bond donors (Lipinski definition) is 2. The third-order valence-electron chi connectivity index (χ3n) is 7.09. The van der Waals surface area contributed by atoms with E-state index >= 15 is 0 Å². The summed E-state index contributed by atoms with van der Waals surface area (Å²) in [6.07, 6.45) is 17.0. The second kappa shape index (κ2) is 17.3. The summed E-state index contributed by atoms with van der Waals surface area (Å²) in [4.78, 5) is 25.3. The van der Waals surface area contributed by atoms with Gasteiger partial charge in [-0.3, -0.25) is 9.59 Å². The van der Waals surface area contributed by atoms with Gasteiger partial charge in [0.05, 0.1) is 42.7 Å². The molecular weight excluding hydrogens is 564 g/mol. The summed E-state index contributed by atoms with van der Waals surface area (Å²) in [5.41, 5.74) is 1.65. The fraction of sp³-hybridized carbons (Fsp3) is 0.353. The van der Waals surface area contributed by atoms with E-state index in [1.165, 1.54) is 12.2 Å². The molecule has 44 heavy (non-hydrogen) atoms. The van der Waals surface area contributed by atoms with Crippen LogP contribution in [0.3, 0.4) is 0 Å². The van der Waals surface area contributed by atoms with Gasteiger partial charge in [-0.05, 0) is 48.2 Å². The van der Waals surface area contributed by atoms with Crippen LogP contribution in [0.2, 0.25) is 0 Å². The summed E-state index contributed by atoms with van der Waals surface area (Å²) in [7, 11) is 9.34. The van der Waals surface area contributed by atoms with Gasteiger partial charge in [-0.2, -0.15) is 0 Å². The first-order chi connectivity index (χ1) is 21.4. The topological polar surface area (TPSA) is 114 Å². The van der Waals surface area contributed by atoms with Crippen molar-refractivity contribution in [3.63, 3.8) is 0 Å². The lowest BCUT2D eigenvalue weighted by Gasteiger charge is -2.32. The highest BCUT2D eigenvalue weighted by Gasteiger charge is 2.26. The molecule has 0 aromatic heterocycles. The molecule has 2 N–H and O–H groups in total. The Bertz CT molecular complexity index is 1240. The number of rotatable bonds is 14. The van der Waals surface area contributed by atoms with Crippen LogP contribution < -0.4 is 39.1 Å². The lowest BCUT2D eigenvalue weighted by atomic mass is 9.90. The number of carbonyl (C=O) groups is 2. The number of hydrogen-bond acceptors (Lipinski definition) is 8. The zero-order chi connectivity index (χ0) is 31.9.